The lowest BCUT2D eigenvalue weighted by atomic mass is 9.63. The van der Waals surface area contributed by atoms with Gasteiger partial charge >= 0.3 is 5.97 Å². The lowest BCUT2D eigenvalue weighted by Gasteiger charge is -2.40. The van der Waals surface area contributed by atoms with Crippen LogP contribution in [0.5, 0.6) is 0 Å². The molecule has 110 valence electrons. The maximum atomic E-state index is 11.9. The quantitative estimate of drug-likeness (QED) is 0.609. The van der Waals surface area contributed by atoms with E-state index in [9.17, 15) is 4.79 Å². The molecular formula is C20H18O2. The highest BCUT2D eigenvalue weighted by Crippen LogP contribution is 2.50. The molecule has 22 heavy (non-hydrogen) atoms. The Hall–Kier alpha value is -2.35. The highest BCUT2D eigenvalue weighted by atomic mass is 16.5. The number of rotatable bonds is 2. The number of carbonyl (C=O) groups excluding carboxylic acids is 1. The van der Waals surface area contributed by atoms with E-state index >= 15 is 0 Å². The fraction of sp³-hybridized carbons (Fsp3) is 0.250. The first-order valence-electron chi connectivity index (χ1n) is 7.73. The number of hydrogen-bond donors (Lipinski definition) is 0. The Kier molecular flexibility index (Phi) is 3.11. The third-order valence-electron chi connectivity index (χ3n) is 4.98. The van der Waals surface area contributed by atoms with E-state index in [1.165, 1.54) is 23.8 Å². The number of benzene rings is 2. The van der Waals surface area contributed by atoms with Crippen molar-refractivity contribution in [2.24, 2.45) is 5.92 Å². The molecule has 0 aromatic heterocycles. The number of allylic oxidation sites excluding steroid dienone is 2. The van der Waals surface area contributed by atoms with E-state index in [2.05, 4.69) is 42.5 Å². The monoisotopic (exact) mass is 290 g/mol. The Morgan fingerprint density at radius 3 is 2.55 bits per heavy atom. The Bertz CT molecular complexity index is 746. The molecule has 2 aromatic carbocycles. The van der Waals surface area contributed by atoms with E-state index in [1.54, 1.807) is 0 Å². The van der Waals surface area contributed by atoms with Crippen molar-refractivity contribution in [2.45, 2.75) is 18.3 Å². The van der Waals surface area contributed by atoms with Crippen LogP contribution in [0.25, 0.3) is 0 Å². The number of ether oxygens (including phenoxy) is 1. The van der Waals surface area contributed by atoms with Gasteiger partial charge in [-0.25, -0.2) is 4.79 Å². The normalized spacial score (nSPS) is 24.9. The van der Waals surface area contributed by atoms with Crippen molar-refractivity contribution in [3.63, 3.8) is 0 Å². The summed E-state index contributed by atoms with van der Waals surface area (Å²) in [6.45, 7) is 0. The van der Waals surface area contributed by atoms with Gasteiger partial charge in [0.1, 0.15) is 0 Å². The number of methoxy groups -OCH3 is 1. The van der Waals surface area contributed by atoms with Crippen LogP contribution in [-0.2, 0) is 4.74 Å². The van der Waals surface area contributed by atoms with Crippen LogP contribution in [0, 0.1) is 5.92 Å². The van der Waals surface area contributed by atoms with Crippen LogP contribution in [0.4, 0.5) is 0 Å². The minimum atomic E-state index is -0.263. The topological polar surface area (TPSA) is 26.3 Å². The third-order valence-corrected chi connectivity index (χ3v) is 4.98. The second kappa shape index (κ2) is 5.13. The summed E-state index contributed by atoms with van der Waals surface area (Å²) in [6, 6.07) is 16.6. The molecule has 2 heteroatoms. The van der Waals surface area contributed by atoms with Gasteiger partial charge in [0.25, 0.3) is 0 Å². The van der Waals surface area contributed by atoms with Gasteiger partial charge in [-0.15, -0.1) is 0 Å². The smallest absolute Gasteiger partial charge is 0.337 e. The molecule has 3 unspecified atom stereocenters. The summed E-state index contributed by atoms with van der Waals surface area (Å²) in [5.74, 6) is 1.23. The van der Waals surface area contributed by atoms with Crippen LogP contribution in [0.1, 0.15) is 45.3 Å². The Labute approximate surface area is 130 Å². The molecular weight excluding hydrogens is 272 g/mol. The van der Waals surface area contributed by atoms with Gasteiger partial charge in [0.15, 0.2) is 0 Å². The predicted molar refractivity (Wildman–Crippen MR) is 86.1 cm³/mol. The molecule has 2 aliphatic carbocycles. The van der Waals surface area contributed by atoms with E-state index < -0.39 is 0 Å². The van der Waals surface area contributed by atoms with Gasteiger partial charge in [0.05, 0.1) is 12.7 Å². The summed E-state index contributed by atoms with van der Waals surface area (Å²) in [6.07, 6.45) is 5.71. The molecule has 0 fully saturated rings. The fourth-order valence-corrected chi connectivity index (χ4v) is 3.76. The Balaban J connectivity index is 1.84. The van der Waals surface area contributed by atoms with Crippen LogP contribution >= 0.6 is 0 Å². The van der Waals surface area contributed by atoms with Crippen LogP contribution in [0.3, 0.4) is 0 Å². The largest absolute Gasteiger partial charge is 0.465 e. The van der Waals surface area contributed by atoms with Crippen LogP contribution in [0.15, 0.2) is 60.7 Å². The first kappa shape index (κ1) is 13.3. The molecule has 0 saturated heterocycles. The van der Waals surface area contributed by atoms with E-state index in [4.69, 9.17) is 4.74 Å². The Morgan fingerprint density at radius 2 is 1.86 bits per heavy atom. The molecule has 0 heterocycles. The van der Waals surface area contributed by atoms with Gasteiger partial charge < -0.3 is 4.74 Å². The number of hydrogen-bond acceptors (Lipinski definition) is 2. The lowest BCUT2D eigenvalue weighted by molar-refractivity contribution is 0.0600. The summed E-state index contributed by atoms with van der Waals surface area (Å²) < 4.78 is 4.88. The van der Waals surface area contributed by atoms with Crippen LogP contribution in [0.2, 0.25) is 0 Å². The maximum Gasteiger partial charge on any atom is 0.337 e. The summed E-state index contributed by atoms with van der Waals surface area (Å²) in [5, 5.41) is 0. The molecule has 2 aromatic rings. The SMILES string of the molecule is COC(=O)c1ccc2c(c1)C(c1ccccc1)CC1C=CC21. The zero-order valence-electron chi connectivity index (χ0n) is 12.5. The number of fused-ring (bicyclic) bond motifs is 3. The summed E-state index contributed by atoms with van der Waals surface area (Å²) >= 11 is 0. The second-order valence-electron chi connectivity index (χ2n) is 6.11. The van der Waals surface area contributed by atoms with Crippen LogP contribution < -0.4 is 0 Å². The predicted octanol–water partition coefficient (Wildman–Crippen LogP) is 4.28. The third kappa shape index (κ3) is 1.98. The molecule has 0 saturated carbocycles. The molecule has 0 spiro atoms. The van der Waals surface area contributed by atoms with Gasteiger partial charge in [0, 0.05) is 11.8 Å². The van der Waals surface area contributed by atoms with Crippen molar-refractivity contribution in [1.29, 1.82) is 0 Å². The number of esters is 1. The van der Waals surface area contributed by atoms with Crippen molar-refractivity contribution in [1.82, 2.24) is 0 Å². The first-order valence-corrected chi connectivity index (χ1v) is 7.73. The molecule has 2 aliphatic rings. The fourth-order valence-electron chi connectivity index (χ4n) is 3.76. The lowest BCUT2D eigenvalue weighted by Crippen LogP contribution is -2.27. The first-order chi connectivity index (χ1) is 10.8. The van der Waals surface area contributed by atoms with E-state index in [1.807, 2.05) is 18.2 Å². The zero-order chi connectivity index (χ0) is 15.1. The molecule has 0 aliphatic heterocycles. The zero-order valence-corrected chi connectivity index (χ0v) is 12.5. The molecule has 0 bridgehead atoms. The molecule has 0 N–H and O–H groups in total. The summed E-state index contributed by atoms with van der Waals surface area (Å²) in [7, 11) is 1.43. The van der Waals surface area contributed by atoms with Crippen molar-refractivity contribution >= 4 is 5.97 Å². The molecule has 4 rings (SSSR count). The average Bonchev–Trinajstić information content (AvgIpc) is 2.55. The molecule has 2 nitrogen and oxygen atoms in total. The van der Waals surface area contributed by atoms with Gasteiger partial charge in [-0.05, 0) is 41.2 Å². The molecule has 0 amide bonds. The van der Waals surface area contributed by atoms with Gasteiger partial charge in [-0.3, -0.25) is 0 Å². The highest BCUT2D eigenvalue weighted by Gasteiger charge is 2.37. The van der Waals surface area contributed by atoms with Crippen molar-refractivity contribution in [3.05, 3.63) is 82.9 Å². The van der Waals surface area contributed by atoms with Crippen molar-refractivity contribution < 1.29 is 9.53 Å². The van der Waals surface area contributed by atoms with Gasteiger partial charge in [0.2, 0.25) is 0 Å². The molecule has 0 radical (unpaired) electrons. The van der Waals surface area contributed by atoms with E-state index in [0.29, 0.717) is 23.3 Å². The minimum absolute atomic E-state index is 0.263. The standard InChI is InChI=1S/C20H18O2/c1-22-20(21)15-8-10-17-16-9-7-14(16)11-18(19(17)12-15)13-5-3-2-4-6-13/h2-10,12,14,16,18H,11H2,1H3. The van der Waals surface area contributed by atoms with E-state index in [0.717, 1.165) is 6.42 Å². The highest BCUT2D eigenvalue weighted by molar-refractivity contribution is 5.89. The molecule has 3 atom stereocenters. The summed E-state index contributed by atoms with van der Waals surface area (Å²) in [5.41, 5.74) is 4.61. The van der Waals surface area contributed by atoms with Gasteiger partial charge in [-0.1, -0.05) is 48.6 Å². The summed E-state index contributed by atoms with van der Waals surface area (Å²) in [4.78, 5) is 11.9. The van der Waals surface area contributed by atoms with Crippen molar-refractivity contribution in [3.8, 4) is 0 Å². The van der Waals surface area contributed by atoms with Gasteiger partial charge in [-0.2, -0.15) is 0 Å². The van der Waals surface area contributed by atoms with Crippen LogP contribution in [-0.4, -0.2) is 13.1 Å². The van der Waals surface area contributed by atoms with Crippen molar-refractivity contribution in [2.75, 3.05) is 7.11 Å². The minimum Gasteiger partial charge on any atom is -0.465 e. The Morgan fingerprint density at radius 1 is 1.05 bits per heavy atom. The number of carbonyl (C=O) groups is 1. The van der Waals surface area contributed by atoms with E-state index in [-0.39, 0.29) is 5.97 Å². The average molecular weight is 290 g/mol. The second-order valence-corrected chi connectivity index (χ2v) is 6.11. The maximum absolute atomic E-state index is 11.9.